The lowest BCUT2D eigenvalue weighted by Crippen LogP contribution is -1.92. The zero-order valence-corrected chi connectivity index (χ0v) is 21.7. The first-order chi connectivity index (χ1) is 19.2. The van der Waals surface area contributed by atoms with E-state index in [9.17, 15) is 0 Å². The summed E-state index contributed by atoms with van der Waals surface area (Å²) in [5.74, 6) is 0. The Hall–Kier alpha value is -4.79. The van der Waals surface area contributed by atoms with Gasteiger partial charge in [-0.1, -0.05) is 84.4 Å². The van der Waals surface area contributed by atoms with Gasteiger partial charge in [0.1, 0.15) is 11.2 Å². The van der Waals surface area contributed by atoms with Crippen LogP contribution in [0.15, 0.2) is 138 Å². The van der Waals surface area contributed by atoms with Gasteiger partial charge in [0.05, 0.1) is 16.1 Å². The Morgan fingerprint density at radius 3 is 1.97 bits per heavy atom. The summed E-state index contributed by atoms with van der Waals surface area (Å²) in [6.45, 7) is 0. The molecule has 0 saturated carbocycles. The van der Waals surface area contributed by atoms with Gasteiger partial charge in [-0.25, -0.2) is 0 Å². The Kier molecular flexibility index (Phi) is 4.91. The van der Waals surface area contributed by atoms with E-state index in [4.69, 9.17) is 16.0 Å². The predicted molar refractivity (Wildman–Crippen MR) is 164 cm³/mol. The summed E-state index contributed by atoms with van der Waals surface area (Å²) >= 11 is 6.55. The highest BCUT2D eigenvalue weighted by Crippen LogP contribution is 2.38. The minimum atomic E-state index is 0.708. The fourth-order valence-corrected chi connectivity index (χ4v) is 6.12. The second kappa shape index (κ2) is 8.62. The van der Waals surface area contributed by atoms with Crippen molar-refractivity contribution in [1.29, 1.82) is 0 Å². The summed E-state index contributed by atoms with van der Waals surface area (Å²) in [7, 11) is 0. The molecule has 6 aromatic carbocycles. The third-order valence-electron chi connectivity index (χ3n) is 7.66. The zero-order valence-electron chi connectivity index (χ0n) is 20.9. The third kappa shape index (κ3) is 3.49. The molecule has 0 atom stereocenters. The van der Waals surface area contributed by atoms with Crippen molar-refractivity contribution in [2.45, 2.75) is 0 Å². The molecule has 0 saturated heterocycles. The van der Waals surface area contributed by atoms with E-state index < -0.39 is 0 Å². The summed E-state index contributed by atoms with van der Waals surface area (Å²) in [4.78, 5) is 0. The number of nitrogens with zero attached hydrogens (tertiary/aromatic N) is 1. The van der Waals surface area contributed by atoms with Gasteiger partial charge in [-0.15, -0.1) is 0 Å². The highest BCUT2D eigenvalue weighted by molar-refractivity contribution is 6.37. The van der Waals surface area contributed by atoms with Crippen molar-refractivity contribution in [3.63, 3.8) is 0 Å². The van der Waals surface area contributed by atoms with Crippen LogP contribution in [0.4, 0.5) is 0 Å². The smallest absolute Gasteiger partial charge is 0.136 e. The first kappa shape index (κ1) is 22.2. The lowest BCUT2D eigenvalue weighted by Gasteiger charge is -2.09. The average Bonchev–Trinajstić information content (AvgIpc) is 3.53. The Bertz CT molecular complexity index is 2190. The molecule has 39 heavy (non-hydrogen) atoms. The van der Waals surface area contributed by atoms with E-state index in [-0.39, 0.29) is 0 Å². The van der Waals surface area contributed by atoms with Gasteiger partial charge in [0, 0.05) is 27.2 Å². The van der Waals surface area contributed by atoms with Crippen LogP contribution in [0.25, 0.3) is 71.7 Å². The van der Waals surface area contributed by atoms with Crippen molar-refractivity contribution in [3.8, 4) is 27.9 Å². The van der Waals surface area contributed by atoms with Crippen LogP contribution >= 0.6 is 11.6 Å². The standard InChI is InChI=1S/C36H22ClNO/c37-31-13-7-15-35-36(31)30-22-26(17-19-34(30)39-35)24-9-6-8-23(20-24)25-16-18-33-29(21-25)28-12-4-5-14-32(28)38(33)27-10-2-1-3-11-27/h1-22H. The maximum Gasteiger partial charge on any atom is 0.136 e. The molecule has 0 amide bonds. The van der Waals surface area contributed by atoms with E-state index in [1.807, 2.05) is 24.3 Å². The monoisotopic (exact) mass is 519 g/mol. The SMILES string of the molecule is Clc1cccc2oc3ccc(-c4cccc(-c5ccc6c(c5)c5ccccc5n6-c5ccccc5)c4)cc3c12. The predicted octanol–water partition coefficient (Wildman–Crippen LogP) is 10.7. The molecule has 0 N–H and O–H groups in total. The second-order valence-electron chi connectivity index (χ2n) is 9.93. The van der Waals surface area contributed by atoms with E-state index in [1.54, 1.807) is 0 Å². The molecule has 0 unspecified atom stereocenters. The molecule has 0 bridgehead atoms. The number of benzene rings is 6. The van der Waals surface area contributed by atoms with E-state index in [0.29, 0.717) is 5.02 Å². The van der Waals surface area contributed by atoms with Crippen molar-refractivity contribution >= 4 is 55.3 Å². The molecular formula is C36H22ClNO. The topological polar surface area (TPSA) is 18.1 Å². The van der Waals surface area contributed by atoms with Crippen LogP contribution in [-0.2, 0) is 0 Å². The summed E-state index contributed by atoms with van der Waals surface area (Å²) in [5, 5.41) is 5.21. The van der Waals surface area contributed by atoms with Crippen LogP contribution in [0.1, 0.15) is 0 Å². The van der Waals surface area contributed by atoms with Crippen LogP contribution in [0.5, 0.6) is 0 Å². The average molecular weight is 520 g/mol. The molecule has 0 spiro atoms. The van der Waals surface area contributed by atoms with Gasteiger partial charge < -0.3 is 8.98 Å². The number of rotatable bonds is 3. The summed E-state index contributed by atoms with van der Waals surface area (Å²) < 4.78 is 8.39. The molecule has 8 rings (SSSR count). The molecule has 0 aliphatic heterocycles. The van der Waals surface area contributed by atoms with Crippen molar-refractivity contribution < 1.29 is 4.42 Å². The van der Waals surface area contributed by atoms with Gasteiger partial charge in [0.15, 0.2) is 0 Å². The van der Waals surface area contributed by atoms with Crippen molar-refractivity contribution in [2.75, 3.05) is 0 Å². The fraction of sp³-hybridized carbons (Fsp3) is 0. The largest absolute Gasteiger partial charge is 0.456 e. The highest BCUT2D eigenvalue weighted by Gasteiger charge is 2.14. The Morgan fingerprint density at radius 2 is 1.13 bits per heavy atom. The molecule has 0 fully saturated rings. The van der Waals surface area contributed by atoms with Gasteiger partial charge in [-0.2, -0.15) is 0 Å². The van der Waals surface area contributed by atoms with E-state index in [2.05, 4.69) is 114 Å². The Labute approximate surface area is 230 Å². The molecular weight excluding hydrogens is 498 g/mol. The van der Waals surface area contributed by atoms with Gasteiger partial charge in [0.2, 0.25) is 0 Å². The number of fused-ring (bicyclic) bond motifs is 6. The minimum Gasteiger partial charge on any atom is -0.456 e. The number of furan rings is 1. The number of hydrogen-bond donors (Lipinski definition) is 0. The Balaban J connectivity index is 1.28. The van der Waals surface area contributed by atoms with Crippen LogP contribution in [-0.4, -0.2) is 4.57 Å². The van der Waals surface area contributed by atoms with E-state index >= 15 is 0 Å². The zero-order chi connectivity index (χ0) is 25.9. The molecule has 2 heterocycles. The second-order valence-corrected chi connectivity index (χ2v) is 10.3. The van der Waals surface area contributed by atoms with Crippen LogP contribution in [0.3, 0.4) is 0 Å². The maximum absolute atomic E-state index is 6.55. The molecule has 3 heteroatoms. The van der Waals surface area contributed by atoms with Crippen molar-refractivity contribution in [3.05, 3.63) is 138 Å². The summed E-state index contributed by atoms with van der Waals surface area (Å²) in [6, 6.07) is 46.9. The third-order valence-corrected chi connectivity index (χ3v) is 7.98. The van der Waals surface area contributed by atoms with Crippen molar-refractivity contribution in [1.82, 2.24) is 4.57 Å². The first-order valence-corrected chi connectivity index (χ1v) is 13.4. The molecule has 0 aliphatic carbocycles. The minimum absolute atomic E-state index is 0.708. The van der Waals surface area contributed by atoms with Crippen LogP contribution < -0.4 is 0 Å². The van der Waals surface area contributed by atoms with Gasteiger partial charge >= 0.3 is 0 Å². The van der Waals surface area contributed by atoms with Gasteiger partial charge in [-0.05, 0) is 82.9 Å². The first-order valence-electron chi connectivity index (χ1n) is 13.0. The Morgan fingerprint density at radius 1 is 0.462 bits per heavy atom. The highest BCUT2D eigenvalue weighted by atomic mass is 35.5. The van der Waals surface area contributed by atoms with Crippen molar-refractivity contribution in [2.24, 2.45) is 0 Å². The summed E-state index contributed by atoms with van der Waals surface area (Å²) in [6.07, 6.45) is 0. The van der Waals surface area contributed by atoms with Gasteiger partial charge in [-0.3, -0.25) is 0 Å². The quantitative estimate of drug-likeness (QED) is 0.227. The molecule has 8 aromatic rings. The molecule has 0 radical (unpaired) electrons. The lowest BCUT2D eigenvalue weighted by molar-refractivity contribution is 0.669. The lowest BCUT2D eigenvalue weighted by atomic mass is 9.97. The van der Waals surface area contributed by atoms with E-state index in [0.717, 1.165) is 33.1 Å². The normalized spacial score (nSPS) is 11.7. The van der Waals surface area contributed by atoms with Gasteiger partial charge in [0.25, 0.3) is 0 Å². The fourth-order valence-electron chi connectivity index (χ4n) is 5.85. The number of aromatic nitrogens is 1. The molecule has 2 aromatic heterocycles. The molecule has 184 valence electrons. The number of hydrogen-bond acceptors (Lipinski definition) is 1. The number of para-hydroxylation sites is 2. The van der Waals surface area contributed by atoms with Crippen LogP contribution in [0.2, 0.25) is 5.02 Å². The summed E-state index contributed by atoms with van der Waals surface area (Å²) in [5.41, 5.74) is 9.90. The van der Waals surface area contributed by atoms with E-state index in [1.165, 1.54) is 38.6 Å². The molecule has 0 aliphatic rings. The maximum atomic E-state index is 6.55. The van der Waals surface area contributed by atoms with Crippen LogP contribution in [0, 0.1) is 0 Å². The molecule has 2 nitrogen and oxygen atoms in total. The number of halogens is 1.